The van der Waals surface area contributed by atoms with Crippen molar-refractivity contribution in [2.24, 2.45) is 0 Å². The summed E-state index contributed by atoms with van der Waals surface area (Å²) in [6, 6.07) is 57.5. The van der Waals surface area contributed by atoms with Crippen LogP contribution in [0, 0.1) is 0 Å². The van der Waals surface area contributed by atoms with Crippen molar-refractivity contribution in [1.82, 2.24) is 15.2 Å². The van der Waals surface area contributed by atoms with E-state index in [0.717, 1.165) is 6.42 Å². The van der Waals surface area contributed by atoms with Crippen LogP contribution < -0.4 is 10.6 Å². The first kappa shape index (κ1) is 28.1. The van der Waals surface area contributed by atoms with E-state index in [0.29, 0.717) is 5.92 Å². The SMILES string of the molecule is C1=C2NC(n3c4ccc5ccccc5c4c4c5ccccc5ccc43)NC(c3ccc(-c4ccccc4)cc3)C2=CCC1c1ccccc1. The van der Waals surface area contributed by atoms with Crippen LogP contribution in [0.3, 0.4) is 0 Å². The van der Waals surface area contributed by atoms with Gasteiger partial charge in [0.2, 0.25) is 0 Å². The van der Waals surface area contributed by atoms with E-state index in [2.05, 4.69) is 185 Å². The van der Waals surface area contributed by atoms with Gasteiger partial charge >= 0.3 is 0 Å². The average Bonchev–Trinajstić information content (AvgIpc) is 3.53. The van der Waals surface area contributed by atoms with Gasteiger partial charge in [0.05, 0.1) is 17.1 Å². The summed E-state index contributed by atoms with van der Waals surface area (Å²) >= 11 is 0. The highest BCUT2D eigenvalue weighted by Gasteiger charge is 2.34. The molecule has 0 amide bonds. The van der Waals surface area contributed by atoms with Crippen molar-refractivity contribution in [3.8, 4) is 11.1 Å². The fraction of sp³-hybridized carbons (Fsp3) is 0.0870. The number of benzene rings is 7. The Morgan fingerprint density at radius 1 is 0.510 bits per heavy atom. The molecule has 49 heavy (non-hydrogen) atoms. The molecule has 1 aliphatic heterocycles. The Kier molecular flexibility index (Phi) is 6.53. The Bertz CT molecular complexity index is 2480. The van der Waals surface area contributed by atoms with Crippen molar-refractivity contribution in [2.75, 3.05) is 0 Å². The second-order valence-corrected chi connectivity index (χ2v) is 13.4. The fourth-order valence-corrected chi connectivity index (χ4v) is 8.27. The van der Waals surface area contributed by atoms with Crippen molar-refractivity contribution < 1.29 is 0 Å². The van der Waals surface area contributed by atoms with E-state index in [-0.39, 0.29) is 12.3 Å². The van der Waals surface area contributed by atoms with Gasteiger partial charge in [-0.25, -0.2) is 0 Å². The van der Waals surface area contributed by atoms with Crippen LogP contribution in [0.15, 0.2) is 181 Å². The Morgan fingerprint density at radius 2 is 1.08 bits per heavy atom. The van der Waals surface area contributed by atoms with Crippen LogP contribution in [0.1, 0.15) is 35.8 Å². The van der Waals surface area contributed by atoms with Gasteiger partial charge in [0.15, 0.2) is 6.29 Å². The molecule has 3 unspecified atom stereocenters. The second kappa shape index (κ2) is 11.4. The molecule has 1 aliphatic carbocycles. The minimum atomic E-state index is -0.181. The number of hydrogen-bond acceptors (Lipinski definition) is 2. The van der Waals surface area contributed by atoms with Crippen LogP contribution in [-0.4, -0.2) is 4.57 Å². The highest BCUT2D eigenvalue weighted by atomic mass is 15.3. The van der Waals surface area contributed by atoms with Gasteiger partial charge in [0, 0.05) is 22.4 Å². The van der Waals surface area contributed by atoms with Gasteiger partial charge in [0.25, 0.3) is 0 Å². The summed E-state index contributed by atoms with van der Waals surface area (Å²) in [5, 5.41) is 15.8. The lowest BCUT2D eigenvalue weighted by Gasteiger charge is -2.40. The summed E-state index contributed by atoms with van der Waals surface area (Å²) < 4.78 is 2.50. The molecule has 1 saturated heterocycles. The van der Waals surface area contributed by atoms with E-state index in [4.69, 9.17) is 0 Å². The van der Waals surface area contributed by atoms with Gasteiger partial charge in [-0.3, -0.25) is 5.32 Å². The normalized spacial score (nSPS) is 19.1. The van der Waals surface area contributed by atoms with Gasteiger partial charge in [-0.1, -0.05) is 158 Å². The number of nitrogens with one attached hydrogen (secondary N) is 2. The summed E-state index contributed by atoms with van der Waals surface area (Å²) in [5.41, 5.74) is 10.0. The Balaban J connectivity index is 1.17. The van der Waals surface area contributed by atoms with Gasteiger partial charge in [0.1, 0.15) is 0 Å². The van der Waals surface area contributed by atoms with E-state index in [1.807, 2.05) is 0 Å². The van der Waals surface area contributed by atoms with Crippen molar-refractivity contribution in [1.29, 1.82) is 0 Å². The zero-order valence-corrected chi connectivity index (χ0v) is 27.1. The van der Waals surface area contributed by atoms with Gasteiger partial charge in [-0.05, 0) is 67.9 Å². The lowest BCUT2D eigenvalue weighted by molar-refractivity contribution is 0.314. The van der Waals surface area contributed by atoms with E-state index in [9.17, 15) is 0 Å². The molecule has 0 saturated carbocycles. The zero-order chi connectivity index (χ0) is 32.3. The van der Waals surface area contributed by atoms with Crippen LogP contribution in [-0.2, 0) is 0 Å². The van der Waals surface area contributed by atoms with E-state index < -0.39 is 0 Å². The Morgan fingerprint density at radius 3 is 1.73 bits per heavy atom. The first-order valence-electron chi connectivity index (χ1n) is 17.3. The highest BCUT2D eigenvalue weighted by Crippen LogP contribution is 2.44. The lowest BCUT2D eigenvalue weighted by atomic mass is 9.83. The van der Waals surface area contributed by atoms with Crippen molar-refractivity contribution in [3.05, 3.63) is 192 Å². The Hall–Kier alpha value is -5.90. The molecule has 0 radical (unpaired) electrons. The molecule has 2 aliphatic rings. The van der Waals surface area contributed by atoms with Crippen LogP contribution in [0.4, 0.5) is 0 Å². The number of aromatic nitrogens is 1. The van der Waals surface area contributed by atoms with Crippen LogP contribution in [0.2, 0.25) is 0 Å². The third kappa shape index (κ3) is 4.62. The molecular formula is C46H35N3. The van der Waals surface area contributed by atoms with Gasteiger partial charge < -0.3 is 9.88 Å². The van der Waals surface area contributed by atoms with E-state index in [1.165, 1.54) is 76.9 Å². The molecule has 0 spiro atoms. The fourth-order valence-electron chi connectivity index (χ4n) is 8.27. The zero-order valence-electron chi connectivity index (χ0n) is 27.1. The molecule has 1 aromatic heterocycles. The van der Waals surface area contributed by atoms with Gasteiger partial charge in [-0.2, -0.15) is 0 Å². The highest BCUT2D eigenvalue weighted by molar-refractivity contribution is 6.28. The largest absolute Gasteiger partial charge is 0.353 e. The maximum Gasteiger partial charge on any atom is 0.160 e. The summed E-state index contributed by atoms with van der Waals surface area (Å²) in [5.74, 6) is 0.318. The summed E-state index contributed by atoms with van der Waals surface area (Å²) in [6.45, 7) is 0. The monoisotopic (exact) mass is 629 g/mol. The molecule has 3 nitrogen and oxygen atoms in total. The van der Waals surface area contributed by atoms with Crippen molar-refractivity contribution in [2.45, 2.75) is 24.7 Å². The molecule has 1 fully saturated rings. The predicted molar refractivity (Wildman–Crippen MR) is 204 cm³/mol. The minimum absolute atomic E-state index is 0.0208. The number of nitrogens with zero attached hydrogens (tertiary/aromatic N) is 1. The second-order valence-electron chi connectivity index (χ2n) is 13.4. The molecule has 10 rings (SSSR count). The third-order valence-corrected chi connectivity index (χ3v) is 10.6. The molecule has 2 N–H and O–H groups in total. The molecule has 7 aromatic carbocycles. The molecule has 3 atom stereocenters. The van der Waals surface area contributed by atoms with Crippen molar-refractivity contribution >= 4 is 43.4 Å². The maximum absolute atomic E-state index is 4.11. The molecule has 234 valence electrons. The molecule has 0 bridgehead atoms. The lowest BCUT2D eigenvalue weighted by Crippen LogP contribution is -2.47. The minimum Gasteiger partial charge on any atom is -0.353 e. The smallest absolute Gasteiger partial charge is 0.160 e. The summed E-state index contributed by atoms with van der Waals surface area (Å²) in [7, 11) is 0. The van der Waals surface area contributed by atoms with Crippen LogP contribution in [0.25, 0.3) is 54.5 Å². The molecular weight excluding hydrogens is 595 g/mol. The maximum atomic E-state index is 4.11. The first-order chi connectivity index (χ1) is 24.3. The topological polar surface area (TPSA) is 29.0 Å². The van der Waals surface area contributed by atoms with Crippen molar-refractivity contribution in [3.63, 3.8) is 0 Å². The third-order valence-electron chi connectivity index (χ3n) is 10.6. The average molecular weight is 630 g/mol. The Labute approximate surface area is 285 Å². The summed E-state index contributed by atoms with van der Waals surface area (Å²) in [6.07, 6.45) is 5.70. The number of hydrogen-bond donors (Lipinski definition) is 2. The predicted octanol–water partition coefficient (Wildman–Crippen LogP) is 11.2. The van der Waals surface area contributed by atoms with Crippen LogP contribution in [0.5, 0.6) is 0 Å². The molecule has 2 heterocycles. The standard InChI is InChI=1S/C46H35N3/c1-3-11-30(12-4-1)32-19-21-35(22-20-32)45-39-26-23-36(31-13-5-2-6-14-31)29-40(39)47-46(48-45)49-41-27-24-33-15-7-9-17-37(33)43(41)44-38-18-10-8-16-34(38)25-28-42(44)49/h1-22,24-29,36,45-48H,23H2. The summed E-state index contributed by atoms with van der Waals surface area (Å²) in [4.78, 5) is 0. The van der Waals surface area contributed by atoms with E-state index in [1.54, 1.807) is 0 Å². The quantitative estimate of drug-likeness (QED) is 0.203. The number of rotatable bonds is 4. The number of allylic oxidation sites excluding steroid dienone is 2. The molecule has 3 heteroatoms. The van der Waals surface area contributed by atoms with Gasteiger partial charge in [-0.15, -0.1) is 0 Å². The first-order valence-corrected chi connectivity index (χ1v) is 17.3. The van der Waals surface area contributed by atoms with Crippen LogP contribution >= 0.6 is 0 Å². The molecule has 8 aromatic rings. The number of fused-ring (bicyclic) bond motifs is 8. The van der Waals surface area contributed by atoms with E-state index >= 15 is 0 Å².